The Morgan fingerprint density at radius 1 is 1.10 bits per heavy atom. The maximum atomic E-state index is 14.9. The lowest BCUT2D eigenvalue weighted by Crippen LogP contribution is -2.55. The summed E-state index contributed by atoms with van der Waals surface area (Å²) in [4.78, 5) is 13.9. The first kappa shape index (κ1) is 19.1. The number of aliphatic hydroxyl groups excluding tert-OH is 2. The molecule has 3 heterocycles. The lowest BCUT2D eigenvalue weighted by Gasteiger charge is -2.48. The number of benzene rings is 2. The van der Waals surface area contributed by atoms with Crippen molar-refractivity contribution < 1.29 is 19.4 Å². The molecule has 3 aliphatic heterocycles. The number of carbonyl (C=O) groups is 1. The van der Waals surface area contributed by atoms with E-state index in [9.17, 15) is 19.4 Å². The molecule has 2 N–H and O–H groups in total. The van der Waals surface area contributed by atoms with Gasteiger partial charge in [0.05, 0.1) is 11.5 Å². The number of hydrogen-bond donors (Lipinski definition) is 2. The molecule has 2 unspecified atom stereocenters. The first-order valence-electron chi connectivity index (χ1n) is 10.4. The summed E-state index contributed by atoms with van der Waals surface area (Å²) in [5.74, 6) is -0.0431. The standard InChI is InChI=1S/C24H21FN2O3S/c25-17-7-3-6-16-19(15-5-2-1-4-14(15)12-31-22(16)17)27-13-24(9-10-24)23(30)20-21(29)18(28)8-11-26(20)27/h1-8,11,18-19,28-29H,9-10,12-13H2. The highest BCUT2D eigenvalue weighted by Crippen LogP contribution is 2.56. The molecule has 31 heavy (non-hydrogen) atoms. The summed E-state index contributed by atoms with van der Waals surface area (Å²) in [6, 6.07) is 12.9. The van der Waals surface area contributed by atoms with E-state index in [2.05, 4.69) is 17.1 Å². The smallest absolute Gasteiger partial charge is 0.191 e. The van der Waals surface area contributed by atoms with Crippen molar-refractivity contribution in [3.63, 3.8) is 0 Å². The SMILES string of the molecule is O=C1C2=C(O)C(O)C=CN2N(C2c3ccccc3CSc3c(F)cccc32)CC12CC2. The maximum Gasteiger partial charge on any atom is 0.191 e. The number of thioether (sulfide) groups is 1. The van der Waals surface area contributed by atoms with Crippen molar-refractivity contribution in [2.45, 2.75) is 35.6 Å². The third-order valence-corrected chi connectivity index (χ3v) is 7.94. The normalized spacial score (nSPS) is 26.4. The predicted molar refractivity (Wildman–Crippen MR) is 114 cm³/mol. The second-order valence-electron chi connectivity index (χ2n) is 8.62. The lowest BCUT2D eigenvalue weighted by atomic mass is 9.88. The van der Waals surface area contributed by atoms with Gasteiger partial charge in [-0.2, -0.15) is 0 Å². The Balaban J connectivity index is 1.58. The summed E-state index contributed by atoms with van der Waals surface area (Å²) in [7, 11) is 0. The van der Waals surface area contributed by atoms with Crippen molar-refractivity contribution in [2.75, 3.05) is 6.54 Å². The van der Waals surface area contributed by atoms with Gasteiger partial charge >= 0.3 is 0 Å². The largest absolute Gasteiger partial charge is 0.507 e. The van der Waals surface area contributed by atoms with Crippen LogP contribution in [0, 0.1) is 11.2 Å². The number of carbonyl (C=O) groups excluding carboxylic acids is 1. The molecule has 1 saturated heterocycles. The number of hydrogen-bond acceptors (Lipinski definition) is 6. The summed E-state index contributed by atoms with van der Waals surface area (Å²) in [6.07, 6.45) is 3.39. The highest BCUT2D eigenvalue weighted by Gasteiger charge is 2.59. The van der Waals surface area contributed by atoms with Crippen molar-refractivity contribution in [1.29, 1.82) is 0 Å². The van der Waals surface area contributed by atoms with Crippen molar-refractivity contribution in [3.8, 4) is 0 Å². The van der Waals surface area contributed by atoms with Crippen LogP contribution in [0.15, 0.2) is 71.1 Å². The highest BCUT2D eigenvalue weighted by atomic mass is 32.2. The van der Waals surface area contributed by atoms with E-state index < -0.39 is 11.5 Å². The van der Waals surface area contributed by atoms with Gasteiger partial charge in [0, 0.05) is 23.4 Å². The molecule has 7 heteroatoms. The van der Waals surface area contributed by atoms with Crippen LogP contribution in [0.1, 0.15) is 35.6 Å². The molecule has 158 valence electrons. The monoisotopic (exact) mass is 436 g/mol. The van der Waals surface area contributed by atoms with Gasteiger partial charge in [0.1, 0.15) is 17.6 Å². The van der Waals surface area contributed by atoms with Crippen molar-refractivity contribution in [1.82, 2.24) is 10.0 Å². The molecule has 6 rings (SSSR count). The Hall–Kier alpha value is -2.61. The Labute approximate surface area is 183 Å². The number of ketones is 1. The van der Waals surface area contributed by atoms with Crippen LogP contribution in [0.4, 0.5) is 4.39 Å². The van der Waals surface area contributed by atoms with E-state index in [-0.39, 0.29) is 29.1 Å². The Bertz CT molecular complexity index is 1170. The van der Waals surface area contributed by atoms with Gasteiger partial charge in [0.15, 0.2) is 11.5 Å². The molecule has 2 atom stereocenters. The van der Waals surface area contributed by atoms with Gasteiger partial charge < -0.3 is 10.2 Å². The van der Waals surface area contributed by atoms with Crippen LogP contribution < -0.4 is 0 Å². The number of hydrazine groups is 1. The van der Waals surface area contributed by atoms with E-state index >= 15 is 0 Å². The number of halogens is 1. The van der Waals surface area contributed by atoms with E-state index in [1.54, 1.807) is 17.3 Å². The van der Waals surface area contributed by atoms with Crippen molar-refractivity contribution >= 4 is 17.5 Å². The van der Waals surface area contributed by atoms with E-state index in [1.165, 1.54) is 23.9 Å². The first-order valence-corrected chi connectivity index (χ1v) is 11.4. The van der Waals surface area contributed by atoms with Gasteiger partial charge in [-0.05, 0) is 41.7 Å². The fourth-order valence-corrected chi connectivity index (χ4v) is 6.06. The molecule has 1 aliphatic carbocycles. The van der Waals surface area contributed by atoms with E-state index in [0.717, 1.165) is 29.5 Å². The van der Waals surface area contributed by atoms with Crippen LogP contribution in [-0.4, -0.2) is 38.7 Å². The van der Waals surface area contributed by atoms with Gasteiger partial charge in [-0.15, -0.1) is 11.8 Å². The quantitative estimate of drug-likeness (QED) is 0.703. The fourth-order valence-electron chi connectivity index (χ4n) is 4.95. The predicted octanol–water partition coefficient (Wildman–Crippen LogP) is 4.06. The molecule has 0 aromatic heterocycles. The van der Waals surface area contributed by atoms with Crippen LogP contribution >= 0.6 is 11.8 Å². The van der Waals surface area contributed by atoms with Crippen LogP contribution in [0.3, 0.4) is 0 Å². The first-order chi connectivity index (χ1) is 15.0. The molecular weight excluding hydrogens is 415 g/mol. The van der Waals surface area contributed by atoms with Gasteiger partial charge in [0.2, 0.25) is 0 Å². The summed E-state index contributed by atoms with van der Waals surface area (Å²) in [5, 5.41) is 24.5. The molecule has 2 aromatic rings. The van der Waals surface area contributed by atoms with Crippen molar-refractivity contribution in [3.05, 3.63) is 88.7 Å². The Morgan fingerprint density at radius 2 is 1.87 bits per heavy atom. The summed E-state index contributed by atoms with van der Waals surface area (Å²) in [5.41, 5.74) is 2.59. The number of Topliss-reactive ketones (excluding diaryl/α,β-unsaturated/α-hetero) is 1. The fraction of sp³-hybridized carbons (Fsp3) is 0.292. The zero-order chi connectivity index (χ0) is 21.3. The maximum absolute atomic E-state index is 14.9. The zero-order valence-corrected chi connectivity index (χ0v) is 17.5. The van der Waals surface area contributed by atoms with Crippen LogP contribution in [0.25, 0.3) is 0 Å². The van der Waals surface area contributed by atoms with Crippen LogP contribution in [-0.2, 0) is 10.5 Å². The molecule has 0 amide bonds. The minimum Gasteiger partial charge on any atom is -0.507 e. The summed E-state index contributed by atoms with van der Waals surface area (Å²) >= 11 is 1.49. The number of allylic oxidation sites excluding steroid dienone is 1. The highest BCUT2D eigenvalue weighted by molar-refractivity contribution is 7.98. The second kappa shape index (κ2) is 6.69. The third-order valence-electron chi connectivity index (χ3n) is 6.76. The second-order valence-corrected chi connectivity index (χ2v) is 9.61. The van der Waals surface area contributed by atoms with E-state index in [0.29, 0.717) is 17.2 Å². The minimum atomic E-state index is -1.20. The summed E-state index contributed by atoms with van der Waals surface area (Å²) < 4.78 is 14.9. The van der Waals surface area contributed by atoms with E-state index in [1.807, 2.05) is 18.2 Å². The number of fused-ring (bicyclic) bond motifs is 3. The van der Waals surface area contributed by atoms with Gasteiger partial charge in [-0.1, -0.05) is 36.4 Å². The lowest BCUT2D eigenvalue weighted by molar-refractivity contribution is -0.135. The Morgan fingerprint density at radius 3 is 2.68 bits per heavy atom. The van der Waals surface area contributed by atoms with E-state index in [4.69, 9.17) is 0 Å². The van der Waals surface area contributed by atoms with Crippen molar-refractivity contribution in [2.24, 2.45) is 5.41 Å². The van der Waals surface area contributed by atoms with Gasteiger partial charge in [0.25, 0.3) is 0 Å². The molecule has 1 saturated carbocycles. The average molecular weight is 437 g/mol. The molecule has 2 fully saturated rings. The topological polar surface area (TPSA) is 64.0 Å². The number of rotatable bonds is 1. The number of nitrogens with zero attached hydrogens (tertiary/aromatic N) is 2. The molecule has 4 aliphatic rings. The van der Waals surface area contributed by atoms with Crippen LogP contribution in [0.2, 0.25) is 0 Å². The van der Waals surface area contributed by atoms with Gasteiger partial charge in [-0.3, -0.25) is 9.80 Å². The molecular formula is C24H21FN2O3S. The zero-order valence-electron chi connectivity index (χ0n) is 16.7. The minimum absolute atomic E-state index is 0.125. The molecule has 1 spiro atoms. The molecule has 2 aromatic carbocycles. The molecule has 0 radical (unpaired) electrons. The Kier molecular flexibility index (Phi) is 4.12. The third kappa shape index (κ3) is 2.73. The van der Waals surface area contributed by atoms with Gasteiger partial charge in [-0.25, -0.2) is 9.40 Å². The molecule has 0 bridgehead atoms. The van der Waals surface area contributed by atoms with Crippen LogP contribution in [0.5, 0.6) is 0 Å². The molecule has 5 nitrogen and oxygen atoms in total. The summed E-state index contributed by atoms with van der Waals surface area (Å²) in [6.45, 7) is 0.475. The average Bonchev–Trinajstić information content (AvgIpc) is 3.56. The number of aliphatic hydroxyl groups is 2.